The predicted molar refractivity (Wildman–Crippen MR) is 86.9 cm³/mol. The lowest BCUT2D eigenvalue weighted by molar-refractivity contribution is -0.145. The monoisotopic (exact) mass is 350 g/mol. The number of aliphatic carboxylic acids is 2. The van der Waals surface area contributed by atoms with Crippen molar-refractivity contribution < 1.29 is 28.9 Å². The summed E-state index contributed by atoms with van der Waals surface area (Å²) in [6.45, 7) is 2.02. The Bertz CT molecular complexity index is 798. The van der Waals surface area contributed by atoms with Gasteiger partial charge in [0.25, 0.3) is 0 Å². The van der Waals surface area contributed by atoms with Crippen molar-refractivity contribution in [3.63, 3.8) is 0 Å². The SMILES string of the molecule is O=C(O)CCn1cc([C@@H](C(=O)O)N2CCOCC2)c2ccc(F)cc21. The molecule has 2 N–H and O–H groups in total. The van der Waals surface area contributed by atoms with E-state index in [0.29, 0.717) is 42.8 Å². The molecule has 1 aliphatic rings. The molecule has 0 aliphatic carbocycles. The average molecular weight is 350 g/mol. The van der Waals surface area contributed by atoms with Crippen molar-refractivity contribution in [3.8, 4) is 0 Å². The van der Waals surface area contributed by atoms with Gasteiger partial charge in [-0.2, -0.15) is 0 Å². The van der Waals surface area contributed by atoms with Crippen LogP contribution in [0.2, 0.25) is 0 Å². The Hall–Kier alpha value is -2.45. The molecule has 1 fully saturated rings. The number of rotatable bonds is 6. The largest absolute Gasteiger partial charge is 0.481 e. The molecule has 0 saturated carbocycles. The van der Waals surface area contributed by atoms with Crippen molar-refractivity contribution in [2.45, 2.75) is 19.0 Å². The van der Waals surface area contributed by atoms with Crippen LogP contribution in [0.25, 0.3) is 10.9 Å². The van der Waals surface area contributed by atoms with Crippen molar-refractivity contribution >= 4 is 22.8 Å². The standard InChI is InChI=1S/C17H19FN2O5/c18-11-1-2-12-13(10-20(14(12)9-11)4-3-15(21)22)16(17(23)24)19-5-7-25-8-6-19/h1-2,9-10,16H,3-8H2,(H,21,22)(H,23,24)/t16-/m0/s1. The number of halogens is 1. The van der Waals surface area contributed by atoms with E-state index < -0.39 is 23.8 Å². The molecule has 0 amide bonds. The molecule has 1 aromatic heterocycles. The summed E-state index contributed by atoms with van der Waals surface area (Å²) in [4.78, 5) is 24.6. The van der Waals surface area contributed by atoms with Crippen molar-refractivity contribution in [3.05, 3.63) is 35.8 Å². The first-order valence-corrected chi connectivity index (χ1v) is 8.02. The van der Waals surface area contributed by atoms with Crippen molar-refractivity contribution in [2.24, 2.45) is 0 Å². The van der Waals surface area contributed by atoms with E-state index >= 15 is 0 Å². The third kappa shape index (κ3) is 3.64. The number of carboxylic acids is 2. The molecular weight excluding hydrogens is 331 g/mol. The summed E-state index contributed by atoms with van der Waals surface area (Å²) in [6, 6.07) is 3.25. The second-order valence-electron chi connectivity index (χ2n) is 5.97. The molecule has 1 aromatic carbocycles. The Balaban J connectivity index is 2.06. The summed E-state index contributed by atoms with van der Waals surface area (Å²) >= 11 is 0. The number of hydrogen-bond donors (Lipinski definition) is 2. The normalized spacial score (nSPS) is 16.8. The van der Waals surface area contributed by atoms with Gasteiger partial charge in [-0.1, -0.05) is 0 Å². The van der Waals surface area contributed by atoms with Gasteiger partial charge in [0.1, 0.15) is 11.9 Å². The molecule has 2 heterocycles. The van der Waals surface area contributed by atoms with Crippen LogP contribution in [-0.4, -0.2) is 57.9 Å². The molecule has 2 aromatic rings. The third-order valence-corrected chi connectivity index (χ3v) is 4.38. The Morgan fingerprint density at radius 3 is 2.60 bits per heavy atom. The Morgan fingerprint density at radius 2 is 1.96 bits per heavy atom. The Kier molecular flexibility index (Phi) is 5.00. The number of ether oxygens (including phenoxy) is 1. The third-order valence-electron chi connectivity index (χ3n) is 4.38. The van der Waals surface area contributed by atoms with Gasteiger partial charge in [0.2, 0.25) is 0 Å². The molecule has 1 saturated heterocycles. The van der Waals surface area contributed by atoms with Crippen LogP contribution < -0.4 is 0 Å². The highest BCUT2D eigenvalue weighted by atomic mass is 19.1. The maximum atomic E-state index is 13.7. The zero-order valence-corrected chi connectivity index (χ0v) is 13.5. The van der Waals surface area contributed by atoms with Gasteiger partial charge in [0, 0.05) is 36.8 Å². The fourth-order valence-corrected chi connectivity index (χ4v) is 3.23. The number of fused-ring (bicyclic) bond motifs is 1. The van der Waals surface area contributed by atoms with Gasteiger partial charge in [-0.3, -0.25) is 14.5 Å². The molecule has 134 valence electrons. The van der Waals surface area contributed by atoms with Gasteiger partial charge in [0.15, 0.2) is 0 Å². The number of carboxylic acid groups (broad SMARTS) is 2. The summed E-state index contributed by atoms with van der Waals surface area (Å²) < 4.78 is 20.6. The highest BCUT2D eigenvalue weighted by Gasteiger charge is 2.31. The second kappa shape index (κ2) is 7.20. The maximum absolute atomic E-state index is 13.7. The quantitative estimate of drug-likeness (QED) is 0.824. The van der Waals surface area contributed by atoms with E-state index in [2.05, 4.69) is 0 Å². The predicted octanol–water partition coefficient (Wildman–Crippen LogP) is 1.71. The van der Waals surface area contributed by atoms with Gasteiger partial charge in [-0.25, -0.2) is 4.39 Å². The smallest absolute Gasteiger partial charge is 0.325 e. The molecule has 8 heteroatoms. The molecule has 1 atom stereocenters. The number of hydrogen-bond acceptors (Lipinski definition) is 4. The fraction of sp³-hybridized carbons (Fsp3) is 0.412. The highest BCUT2D eigenvalue weighted by Crippen LogP contribution is 2.31. The molecule has 0 bridgehead atoms. The molecule has 0 spiro atoms. The van der Waals surface area contributed by atoms with E-state index in [1.54, 1.807) is 16.8 Å². The van der Waals surface area contributed by atoms with Gasteiger partial charge in [-0.15, -0.1) is 0 Å². The summed E-state index contributed by atoms with van der Waals surface area (Å²) in [6.07, 6.45) is 1.50. The van der Waals surface area contributed by atoms with Crippen LogP contribution in [0, 0.1) is 5.82 Å². The lowest BCUT2D eigenvalue weighted by atomic mass is 10.0. The fourth-order valence-electron chi connectivity index (χ4n) is 3.23. The number of benzene rings is 1. The lowest BCUT2D eigenvalue weighted by Gasteiger charge is -2.31. The number of morpholine rings is 1. The van der Waals surface area contributed by atoms with Crippen molar-refractivity contribution in [1.29, 1.82) is 0 Å². The van der Waals surface area contributed by atoms with Crippen LogP contribution in [-0.2, 0) is 20.9 Å². The Morgan fingerprint density at radius 1 is 1.24 bits per heavy atom. The maximum Gasteiger partial charge on any atom is 0.325 e. The Labute approximate surface area is 143 Å². The first-order chi connectivity index (χ1) is 12.0. The molecular formula is C17H19FN2O5. The van der Waals surface area contributed by atoms with Crippen LogP contribution in [0.15, 0.2) is 24.4 Å². The zero-order chi connectivity index (χ0) is 18.0. The van der Waals surface area contributed by atoms with Gasteiger partial charge in [0.05, 0.1) is 25.2 Å². The van der Waals surface area contributed by atoms with Crippen LogP contribution in [0.5, 0.6) is 0 Å². The van der Waals surface area contributed by atoms with E-state index in [1.807, 2.05) is 4.90 Å². The molecule has 25 heavy (non-hydrogen) atoms. The van der Waals surface area contributed by atoms with Crippen molar-refractivity contribution in [1.82, 2.24) is 9.47 Å². The zero-order valence-electron chi connectivity index (χ0n) is 13.5. The van der Waals surface area contributed by atoms with Crippen LogP contribution in [0.4, 0.5) is 4.39 Å². The summed E-state index contributed by atoms with van der Waals surface area (Å²) in [7, 11) is 0. The van der Waals surface area contributed by atoms with Crippen LogP contribution in [0.3, 0.4) is 0 Å². The number of carbonyl (C=O) groups is 2. The van der Waals surface area contributed by atoms with Crippen molar-refractivity contribution in [2.75, 3.05) is 26.3 Å². The average Bonchev–Trinajstić information content (AvgIpc) is 2.91. The molecule has 0 unspecified atom stereocenters. The molecule has 1 aliphatic heterocycles. The molecule has 3 rings (SSSR count). The van der Waals surface area contributed by atoms with Gasteiger partial charge in [-0.05, 0) is 18.2 Å². The van der Waals surface area contributed by atoms with E-state index in [9.17, 15) is 19.1 Å². The minimum atomic E-state index is -0.997. The number of aromatic nitrogens is 1. The van der Waals surface area contributed by atoms with E-state index in [4.69, 9.17) is 9.84 Å². The molecule has 0 radical (unpaired) electrons. The van der Waals surface area contributed by atoms with E-state index in [1.165, 1.54) is 12.1 Å². The lowest BCUT2D eigenvalue weighted by Crippen LogP contribution is -2.42. The summed E-state index contributed by atoms with van der Waals surface area (Å²) in [5.41, 5.74) is 1.03. The minimum Gasteiger partial charge on any atom is -0.481 e. The van der Waals surface area contributed by atoms with Crippen LogP contribution in [0.1, 0.15) is 18.0 Å². The minimum absolute atomic E-state index is 0.130. The molecule has 7 nitrogen and oxygen atoms in total. The van der Waals surface area contributed by atoms with Gasteiger partial charge < -0.3 is 19.5 Å². The van der Waals surface area contributed by atoms with Crippen LogP contribution >= 0.6 is 0 Å². The first-order valence-electron chi connectivity index (χ1n) is 8.02. The van der Waals surface area contributed by atoms with E-state index in [0.717, 1.165) is 0 Å². The number of aryl methyl sites for hydroxylation is 1. The number of nitrogens with zero attached hydrogens (tertiary/aromatic N) is 2. The summed E-state index contributed by atoms with van der Waals surface area (Å²) in [5, 5.41) is 19.3. The van der Waals surface area contributed by atoms with Gasteiger partial charge >= 0.3 is 11.9 Å². The first kappa shape index (κ1) is 17.4. The highest BCUT2D eigenvalue weighted by molar-refractivity contribution is 5.90. The van der Waals surface area contributed by atoms with E-state index in [-0.39, 0.29) is 13.0 Å². The summed E-state index contributed by atoms with van der Waals surface area (Å²) in [5.74, 6) is -2.42. The topological polar surface area (TPSA) is 92.0 Å². The second-order valence-corrected chi connectivity index (χ2v) is 5.97.